The Kier molecular flexibility index (Phi) is 5.51. The van der Waals surface area contributed by atoms with Crippen LogP contribution >= 0.6 is 22.6 Å². The van der Waals surface area contributed by atoms with Gasteiger partial charge in [-0.1, -0.05) is 18.2 Å². The van der Waals surface area contributed by atoms with E-state index in [1.54, 1.807) is 12.1 Å². The molecule has 0 amide bonds. The predicted molar refractivity (Wildman–Crippen MR) is 89.4 cm³/mol. The molecule has 21 heavy (non-hydrogen) atoms. The molecular weight excluding hydrogens is 383 g/mol. The fourth-order valence-corrected chi connectivity index (χ4v) is 2.24. The molecule has 6 heteroatoms. The summed E-state index contributed by atoms with van der Waals surface area (Å²) >= 11 is 2.23. The van der Waals surface area contributed by atoms with Crippen molar-refractivity contribution >= 4 is 28.3 Å². The highest BCUT2D eigenvalue weighted by Gasteiger charge is 2.15. The van der Waals surface area contributed by atoms with E-state index in [1.807, 2.05) is 31.3 Å². The number of halogens is 1. The van der Waals surface area contributed by atoms with E-state index in [4.69, 9.17) is 4.74 Å². The first-order valence-electron chi connectivity index (χ1n) is 6.39. The van der Waals surface area contributed by atoms with Crippen molar-refractivity contribution in [1.82, 2.24) is 5.32 Å². The summed E-state index contributed by atoms with van der Waals surface area (Å²) in [6.07, 6.45) is 0. The molecule has 0 unspecified atom stereocenters. The molecule has 0 aromatic heterocycles. The molecule has 5 nitrogen and oxygen atoms in total. The molecule has 2 aromatic rings. The number of nitro benzene ring substituents is 1. The van der Waals surface area contributed by atoms with Crippen LogP contribution in [0.3, 0.4) is 0 Å². The third-order valence-electron chi connectivity index (χ3n) is 2.91. The molecule has 2 aromatic carbocycles. The Bertz CT molecular complexity index is 629. The largest absolute Gasteiger partial charge is 0.482 e. The van der Waals surface area contributed by atoms with Crippen molar-refractivity contribution in [2.75, 3.05) is 7.05 Å². The first-order chi connectivity index (χ1) is 10.1. The lowest BCUT2D eigenvalue weighted by atomic mass is 10.2. The number of rotatable bonds is 6. The van der Waals surface area contributed by atoms with Gasteiger partial charge in [-0.15, -0.1) is 0 Å². The fraction of sp³-hybridized carbons (Fsp3) is 0.200. The van der Waals surface area contributed by atoms with E-state index in [9.17, 15) is 10.1 Å². The van der Waals surface area contributed by atoms with Gasteiger partial charge in [0.25, 0.3) is 0 Å². The lowest BCUT2D eigenvalue weighted by Gasteiger charge is -2.09. The minimum absolute atomic E-state index is 0.0136. The molecule has 1 N–H and O–H groups in total. The minimum Gasteiger partial charge on any atom is -0.482 e. The molecule has 2 rings (SSSR count). The lowest BCUT2D eigenvalue weighted by Crippen LogP contribution is -2.06. The molecule has 0 bridgehead atoms. The van der Waals surface area contributed by atoms with Crippen LogP contribution in [0.15, 0.2) is 42.5 Å². The molecule has 0 saturated carbocycles. The van der Waals surface area contributed by atoms with Gasteiger partial charge in [-0.25, -0.2) is 0 Å². The Balaban J connectivity index is 2.18. The van der Waals surface area contributed by atoms with Crippen molar-refractivity contribution in [2.45, 2.75) is 13.2 Å². The summed E-state index contributed by atoms with van der Waals surface area (Å²) in [7, 11) is 1.83. The molecular formula is C15H15IN2O3. The van der Waals surface area contributed by atoms with E-state index >= 15 is 0 Å². The highest BCUT2D eigenvalue weighted by atomic mass is 127. The average molecular weight is 398 g/mol. The third-order valence-corrected chi connectivity index (χ3v) is 3.63. The summed E-state index contributed by atoms with van der Waals surface area (Å²) in [6, 6.07) is 12.8. The van der Waals surface area contributed by atoms with Crippen LogP contribution in [0.5, 0.6) is 5.75 Å². The number of nitrogens with zero attached hydrogens (tertiary/aromatic N) is 1. The van der Waals surface area contributed by atoms with E-state index in [-0.39, 0.29) is 5.69 Å². The smallest absolute Gasteiger partial charge is 0.310 e. The maximum atomic E-state index is 11.1. The van der Waals surface area contributed by atoms with Crippen LogP contribution in [-0.2, 0) is 13.2 Å². The standard InChI is InChI=1S/C15H15IN2O3/c1-17-9-12-4-7-14(18(19)20)15(8-12)21-10-11-2-5-13(16)6-3-11/h2-8,17H,9-10H2,1H3. The Labute approximate surface area is 136 Å². The third kappa shape index (κ3) is 4.40. The monoisotopic (exact) mass is 398 g/mol. The van der Waals surface area contributed by atoms with E-state index in [0.29, 0.717) is 18.9 Å². The van der Waals surface area contributed by atoms with Gasteiger partial charge in [-0.2, -0.15) is 0 Å². The van der Waals surface area contributed by atoms with Crippen LogP contribution in [0.25, 0.3) is 0 Å². The Morgan fingerprint density at radius 1 is 1.19 bits per heavy atom. The molecule has 0 aliphatic carbocycles. The summed E-state index contributed by atoms with van der Waals surface area (Å²) in [5.41, 5.74) is 1.91. The van der Waals surface area contributed by atoms with Crippen LogP contribution in [0.2, 0.25) is 0 Å². The van der Waals surface area contributed by atoms with Gasteiger partial charge in [0.2, 0.25) is 0 Å². The van der Waals surface area contributed by atoms with Crippen molar-refractivity contribution in [1.29, 1.82) is 0 Å². The number of benzene rings is 2. The van der Waals surface area contributed by atoms with E-state index < -0.39 is 4.92 Å². The molecule has 0 radical (unpaired) electrons. The molecule has 0 atom stereocenters. The van der Waals surface area contributed by atoms with Gasteiger partial charge in [-0.3, -0.25) is 10.1 Å². The van der Waals surface area contributed by atoms with Gasteiger partial charge >= 0.3 is 5.69 Å². The normalized spacial score (nSPS) is 10.4. The minimum atomic E-state index is -0.424. The SMILES string of the molecule is CNCc1ccc([N+](=O)[O-])c(OCc2ccc(I)cc2)c1. The van der Waals surface area contributed by atoms with Crippen LogP contribution in [0.4, 0.5) is 5.69 Å². The van der Waals surface area contributed by atoms with Gasteiger partial charge in [0.15, 0.2) is 5.75 Å². The molecule has 0 aliphatic rings. The summed E-state index contributed by atoms with van der Waals surface area (Å²) < 4.78 is 6.78. The van der Waals surface area contributed by atoms with E-state index in [2.05, 4.69) is 27.9 Å². The maximum absolute atomic E-state index is 11.1. The molecule has 0 fully saturated rings. The van der Waals surface area contributed by atoms with Crippen molar-refractivity contribution in [3.05, 3.63) is 67.3 Å². The average Bonchev–Trinajstić information content (AvgIpc) is 2.47. The van der Waals surface area contributed by atoms with E-state index in [0.717, 1.165) is 14.7 Å². The van der Waals surface area contributed by atoms with E-state index in [1.165, 1.54) is 6.07 Å². The molecule has 0 aliphatic heterocycles. The molecule has 0 saturated heterocycles. The summed E-state index contributed by atoms with van der Waals surface area (Å²) in [4.78, 5) is 10.6. The zero-order valence-electron chi connectivity index (χ0n) is 11.5. The van der Waals surface area contributed by atoms with Gasteiger partial charge < -0.3 is 10.1 Å². The van der Waals surface area contributed by atoms with Crippen molar-refractivity contribution in [3.63, 3.8) is 0 Å². The van der Waals surface area contributed by atoms with Crippen LogP contribution in [0, 0.1) is 13.7 Å². The second-order valence-corrected chi connectivity index (χ2v) is 5.75. The van der Waals surface area contributed by atoms with Gasteiger partial charge in [-0.05, 0) is 59.0 Å². The van der Waals surface area contributed by atoms with Crippen LogP contribution < -0.4 is 10.1 Å². The van der Waals surface area contributed by atoms with Crippen LogP contribution in [0.1, 0.15) is 11.1 Å². The van der Waals surface area contributed by atoms with Crippen LogP contribution in [-0.4, -0.2) is 12.0 Å². The maximum Gasteiger partial charge on any atom is 0.310 e. The molecule has 110 valence electrons. The summed E-state index contributed by atoms with van der Waals surface area (Å²) in [6.45, 7) is 0.943. The lowest BCUT2D eigenvalue weighted by molar-refractivity contribution is -0.386. The number of nitrogens with one attached hydrogen (secondary N) is 1. The van der Waals surface area contributed by atoms with Crippen molar-refractivity contribution in [3.8, 4) is 5.75 Å². The Morgan fingerprint density at radius 3 is 2.48 bits per heavy atom. The van der Waals surface area contributed by atoms with Crippen molar-refractivity contribution in [2.24, 2.45) is 0 Å². The second-order valence-electron chi connectivity index (χ2n) is 4.50. The fourth-order valence-electron chi connectivity index (χ4n) is 1.88. The molecule has 0 heterocycles. The Morgan fingerprint density at radius 2 is 1.86 bits per heavy atom. The number of hydrogen-bond acceptors (Lipinski definition) is 4. The second kappa shape index (κ2) is 7.37. The highest BCUT2D eigenvalue weighted by Crippen LogP contribution is 2.28. The quantitative estimate of drug-likeness (QED) is 0.460. The van der Waals surface area contributed by atoms with Gasteiger partial charge in [0, 0.05) is 16.2 Å². The zero-order chi connectivity index (χ0) is 15.2. The number of hydrogen-bond donors (Lipinski definition) is 1. The molecule has 0 spiro atoms. The van der Waals surface area contributed by atoms with Crippen molar-refractivity contribution < 1.29 is 9.66 Å². The first-order valence-corrected chi connectivity index (χ1v) is 7.47. The van der Waals surface area contributed by atoms with Gasteiger partial charge in [0.1, 0.15) is 6.61 Å². The number of nitro groups is 1. The first kappa shape index (κ1) is 15.7. The summed E-state index contributed by atoms with van der Waals surface area (Å²) in [5, 5.41) is 14.1. The van der Waals surface area contributed by atoms with Gasteiger partial charge in [0.05, 0.1) is 4.92 Å². The Hall–Kier alpha value is -1.67. The highest BCUT2D eigenvalue weighted by molar-refractivity contribution is 14.1. The predicted octanol–water partition coefficient (Wildman–Crippen LogP) is 3.50. The summed E-state index contributed by atoms with van der Waals surface area (Å²) in [5.74, 6) is 0.298. The zero-order valence-corrected chi connectivity index (χ0v) is 13.7. The topological polar surface area (TPSA) is 64.4 Å². The number of ether oxygens (including phenoxy) is 1.